The van der Waals surface area contributed by atoms with Crippen molar-refractivity contribution in [3.05, 3.63) is 16.1 Å². The third kappa shape index (κ3) is 3.73. The first-order chi connectivity index (χ1) is 9.21. The molecule has 2 rings (SSSR count). The van der Waals surface area contributed by atoms with Crippen LogP contribution in [0.4, 0.5) is 11.9 Å². The first kappa shape index (κ1) is 13.4. The van der Waals surface area contributed by atoms with Crippen LogP contribution in [-0.2, 0) is 6.54 Å². The number of aromatic nitrogens is 4. The molecular weight excluding hydrogens is 266 g/mol. The summed E-state index contributed by atoms with van der Waals surface area (Å²) in [5, 5.41) is 6.06. The smallest absolute Gasteiger partial charge is 0.323 e. The van der Waals surface area contributed by atoms with Gasteiger partial charge in [0.05, 0.1) is 23.9 Å². The summed E-state index contributed by atoms with van der Waals surface area (Å²) >= 11 is 1.60. The Hall–Kier alpha value is -2.00. The molecule has 0 amide bonds. The SMILES string of the molecule is CCOc1nc(NN)nc(NCc2csc(C)n2)n1. The van der Waals surface area contributed by atoms with Gasteiger partial charge >= 0.3 is 6.01 Å². The van der Waals surface area contributed by atoms with Crippen molar-refractivity contribution in [2.45, 2.75) is 20.4 Å². The van der Waals surface area contributed by atoms with Gasteiger partial charge in [0, 0.05) is 5.38 Å². The van der Waals surface area contributed by atoms with Gasteiger partial charge in [0.1, 0.15) is 0 Å². The van der Waals surface area contributed by atoms with Gasteiger partial charge in [-0.2, -0.15) is 15.0 Å². The maximum absolute atomic E-state index is 5.30. The molecule has 0 aliphatic heterocycles. The van der Waals surface area contributed by atoms with Crippen molar-refractivity contribution in [1.82, 2.24) is 19.9 Å². The average molecular weight is 281 g/mol. The number of hydrogen-bond acceptors (Lipinski definition) is 9. The first-order valence-corrected chi connectivity index (χ1v) is 6.59. The zero-order valence-corrected chi connectivity index (χ0v) is 11.5. The number of anilines is 2. The van der Waals surface area contributed by atoms with E-state index >= 15 is 0 Å². The second-order valence-corrected chi connectivity index (χ2v) is 4.62. The largest absolute Gasteiger partial charge is 0.464 e. The van der Waals surface area contributed by atoms with Crippen LogP contribution in [-0.4, -0.2) is 26.5 Å². The second-order valence-electron chi connectivity index (χ2n) is 3.55. The number of rotatable bonds is 6. The van der Waals surface area contributed by atoms with Crippen LogP contribution in [0.25, 0.3) is 0 Å². The van der Waals surface area contributed by atoms with Crippen molar-refractivity contribution in [3.8, 4) is 6.01 Å². The lowest BCUT2D eigenvalue weighted by atomic mass is 10.5. The van der Waals surface area contributed by atoms with Crippen LogP contribution in [0.1, 0.15) is 17.6 Å². The molecule has 0 saturated heterocycles. The molecule has 2 heterocycles. The normalized spacial score (nSPS) is 10.3. The summed E-state index contributed by atoms with van der Waals surface area (Å²) < 4.78 is 5.23. The molecule has 9 heteroatoms. The highest BCUT2D eigenvalue weighted by atomic mass is 32.1. The topological polar surface area (TPSA) is 111 Å². The molecule has 2 aromatic rings. The molecule has 0 aromatic carbocycles. The third-order valence-corrected chi connectivity index (χ3v) is 2.93. The molecule has 0 atom stereocenters. The van der Waals surface area contributed by atoms with Crippen LogP contribution < -0.4 is 21.3 Å². The van der Waals surface area contributed by atoms with Gasteiger partial charge in [-0.25, -0.2) is 10.8 Å². The maximum Gasteiger partial charge on any atom is 0.323 e. The Bertz CT molecular complexity index is 544. The molecule has 0 bridgehead atoms. The van der Waals surface area contributed by atoms with Crippen molar-refractivity contribution < 1.29 is 4.74 Å². The van der Waals surface area contributed by atoms with E-state index in [-0.39, 0.29) is 12.0 Å². The van der Waals surface area contributed by atoms with Gasteiger partial charge in [-0.3, -0.25) is 5.43 Å². The molecule has 4 N–H and O–H groups in total. The summed E-state index contributed by atoms with van der Waals surface area (Å²) in [5.74, 6) is 5.93. The Balaban J connectivity index is 2.08. The minimum atomic E-state index is 0.224. The summed E-state index contributed by atoms with van der Waals surface area (Å²) in [6.07, 6.45) is 0. The van der Waals surface area contributed by atoms with E-state index in [1.54, 1.807) is 11.3 Å². The fourth-order valence-corrected chi connectivity index (χ4v) is 1.97. The number of nitrogens with zero attached hydrogens (tertiary/aromatic N) is 4. The van der Waals surface area contributed by atoms with Crippen molar-refractivity contribution in [2.24, 2.45) is 5.84 Å². The number of hydrazine groups is 1. The predicted molar refractivity (Wildman–Crippen MR) is 73.0 cm³/mol. The minimum absolute atomic E-state index is 0.224. The number of aryl methyl sites for hydroxylation is 1. The van der Waals surface area contributed by atoms with Gasteiger partial charge in [0.2, 0.25) is 11.9 Å². The Labute approximate surface area is 114 Å². The zero-order valence-electron chi connectivity index (χ0n) is 10.7. The fourth-order valence-electron chi connectivity index (χ4n) is 1.35. The van der Waals surface area contributed by atoms with E-state index in [4.69, 9.17) is 10.6 Å². The molecule has 0 unspecified atom stereocenters. The van der Waals surface area contributed by atoms with E-state index < -0.39 is 0 Å². The van der Waals surface area contributed by atoms with Crippen LogP contribution in [0.15, 0.2) is 5.38 Å². The van der Waals surface area contributed by atoms with Crippen LogP contribution in [0, 0.1) is 6.92 Å². The zero-order chi connectivity index (χ0) is 13.7. The highest BCUT2D eigenvalue weighted by molar-refractivity contribution is 7.09. The van der Waals surface area contributed by atoms with Gasteiger partial charge in [-0.1, -0.05) is 0 Å². The van der Waals surface area contributed by atoms with E-state index in [0.717, 1.165) is 10.7 Å². The molecule has 0 spiro atoms. The van der Waals surface area contributed by atoms with E-state index in [1.807, 2.05) is 19.2 Å². The number of ether oxygens (including phenoxy) is 1. The average Bonchev–Trinajstić information content (AvgIpc) is 2.82. The Morgan fingerprint density at radius 1 is 1.26 bits per heavy atom. The summed E-state index contributed by atoms with van der Waals surface area (Å²) in [5.41, 5.74) is 3.31. The molecule has 19 heavy (non-hydrogen) atoms. The molecule has 8 nitrogen and oxygen atoms in total. The van der Waals surface area contributed by atoms with Crippen molar-refractivity contribution >= 4 is 23.2 Å². The summed E-state index contributed by atoms with van der Waals surface area (Å²) in [7, 11) is 0. The lowest BCUT2D eigenvalue weighted by Gasteiger charge is -2.07. The molecule has 0 radical (unpaired) electrons. The Morgan fingerprint density at radius 3 is 2.68 bits per heavy atom. The second kappa shape index (κ2) is 6.25. The molecule has 0 saturated carbocycles. The molecule has 0 fully saturated rings. The van der Waals surface area contributed by atoms with Crippen molar-refractivity contribution in [2.75, 3.05) is 17.3 Å². The summed E-state index contributed by atoms with van der Waals surface area (Å²) in [4.78, 5) is 16.5. The highest BCUT2D eigenvalue weighted by Gasteiger charge is 2.07. The van der Waals surface area contributed by atoms with Crippen LogP contribution in [0.3, 0.4) is 0 Å². The number of thiazole rings is 1. The van der Waals surface area contributed by atoms with Gasteiger partial charge in [-0.05, 0) is 13.8 Å². The predicted octanol–water partition coefficient (Wildman–Crippen LogP) is 0.933. The first-order valence-electron chi connectivity index (χ1n) is 5.71. The maximum atomic E-state index is 5.30. The molecule has 0 aliphatic rings. The number of nitrogens with one attached hydrogen (secondary N) is 2. The van der Waals surface area contributed by atoms with E-state index in [0.29, 0.717) is 19.1 Å². The van der Waals surface area contributed by atoms with E-state index in [2.05, 4.69) is 30.7 Å². The van der Waals surface area contributed by atoms with Gasteiger partial charge in [0.25, 0.3) is 0 Å². The quantitative estimate of drug-likeness (QED) is 0.530. The standard InChI is InChI=1S/C10H15N7OS/c1-3-18-10-15-8(14-9(16-10)17-11)12-4-7-5-19-6(2)13-7/h5H,3-4,11H2,1-2H3,(H2,12,14,15,16,17). The van der Waals surface area contributed by atoms with Crippen LogP contribution in [0.5, 0.6) is 6.01 Å². The van der Waals surface area contributed by atoms with E-state index in [9.17, 15) is 0 Å². The third-order valence-electron chi connectivity index (χ3n) is 2.11. The summed E-state index contributed by atoms with van der Waals surface area (Å²) in [6.45, 7) is 4.81. The van der Waals surface area contributed by atoms with Gasteiger partial charge < -0.3 is 10.1 Å². The number of hydrogen-bond donors (Lipinski definition) is 3. The Morgan fingerprint density at radius 2 is 2.05 bits per heavy atom. The Kier molecular flexibility index (Phi) is 4.42. The molecule has 2 aromatic heterocycles. The van der Waals surface area contributed by atoms with Crippen molar-refractivity contribution in [1.29, 1.82) is 0 Å². The van der Waals surface area contributed by atoms with Gasteiger partial charge in [0.15, 0.2) is 0 Å². The van der Waals surface area contributed by atoms with Crippen LogP contribution >= 0.6 is 11.3 Å². The fraction of sp³-hybridized carbons (Fsp3) is 0.400. The lowest BCUT2D eigenvalue weighted by molar-refractivity contribution is 0.312. The molecular formula is C10H15N7OS. The summed E-state index contributed by atoms with van der Waals surface area (Å²) in [6, 6.07) is 0.224. The van der Waals surface area contributed by atoms with E-state index in [1.165, 1.54) is 0 Å². The lowest BCUT2D eigenvalue weighted by Crippen LogP contribution is -2.14. The molecule has 0 aliphatic carbocycles. The highest BCUT2D eigenvalue weighted by Crippen LogP contribution is 2.13. The van der Waals surface area contributed by atoms with Gasteiger partial charge in [-0.15, -0.1) is 11.3 Å². The monoisotopic (exact) mass is 281 g/mol. The van der Waals surface area contributed by atoms with Crippen molar-refractivity contribution in [3.63, 3.8) is 0 Å². The number of nitrogen functional groups attached to an aromatic ring is 1. The van der Waals surface area contributed by atoms with Crippen LogP contribution in [0.2, 0.25) is 0 Å². The number of nitrogens with two attached hydrogens (primary N) is 1. The molecule has 102 valence electrons. The minimum Gasteiger partial charge on any atom is -0.464 e.